The third-order valence-electron chi connectivity index (χ3n) is 4.86. The van der Waals surface area contributed by atoms with Crippen molar-refractivity contribution in [2.24, 2.45) is 0 Å². The van der Waals surface area contributed by atoms with E-state index in [1.54, 1.807) is 18.2 Å². The first-order chi connectivity index (χ1) is 14.6. The van der Waals surface area contributed by atoms with E-state index in [1.165, 1.54) is 6.07 Å². The predicted molar refractivity (Wildman–Crippen MR) is 121 cm³/mol. The lowest BCUT2D eigenvalue weighted by Gasteiger charge is -2.10. The Hall–Kier alpha value is -3.34. The Labute approximate surface area is 182 Å². The minimum atomic E-state index is -0.342. The van der Waals surface area contributed by atoms with Gasteiger partial charge in [0.15, 0.2) is 5.58 Å². The smallest absolute Gasteiger partial charge is 0.257 e. The monoisotopic (exact) mass is 432 g/mol. The van der Waals surface area contributed by atoms with Crippen molar-refractivity contribution in [2.45, 2.75) is 0 Å². The molecule has 5 rings (SSSR count). The quantitative estimate of drug-likeness (QED) is 0.327. The Morgan fingerprint density at radius 2 is 1.70 bits per heavy atom. The molecule has 0 radical (unpaired) electrons. The molecule has 1 amide bonds. The molecule has 1 heterocycles. The second-order valence-electron chi connectivity index (χ2n) is 6.78. The lowest BCUT2D eigenvalue weighted by Crippen LogP contribution is -2.13. The van der Waals surface area contributed by atoms with E-state index in [9.17, 15) is 4.79 Å². The van der Waals surface area contributed by atoms with Crippen molar-refractivity contribution in [3.63, 3.8) is 0 Å². The van der Waals surface area contributed by atoms with Gasteiger partial charge in [-0.05, 0) is 41.8 Å². The number of hydrogen-bond donors (Lipinski definition) is 1. The van der Waals surface area contributed by atoms with Gasteiger partial charge in [-0.25, -0.2) is 4.98 Å². The van der Waals surface area contributed by atoms with Gasteiger partial charge in [-0.1, -0.05) is 65.7 Å². The van der Waals surface area contributed by atoms with Gasteiger partial charge in [-0.3, -0.25) is 4.79 Å². The summed E-state index contributed by atoms with van der Waals surface area (Å²) in [6.07, 6.45) is 0. The summed E-state index contributed by atoms with van der Waals surface area (Å²) < 4.78 is 6.13. The number of carbonyl (C=O) groups is 1. The molecule has 0 spiro atoms. The van der Waals surface area contributed by atoms with Gasteiger partial charge >= 0.3 is 0 Å². The summed E-state index contributed by atoms with van der Waals surface area (Å²) in [7, 11) is 0. The van der Waals surface area contributed by atoms with Crippen LogP contribution in [0.3, 0.4) is 0 Å². The number of aromatic nitrogens is 1. The summed E-state index contributed by atoms with van der Waals surface area (Å²) in [5.74, 6) is 0.0881. The van der Waals surface area contributed by atoms with Crippen LogP contribution in [0.15, 0.2) is 83.3 Å². The molecule has 0 aliphatic rings. The number of carbonyl (C=O) groups excluding carboxylic acids is 1. The molecule has 0 unspecified atom stereocenters. The summed E-state index contributed by atoms with van der Waals surface area (Å²) in [4.78, 5) is 17.4. The fraction of sp³-hybridized carbons (Fsp3) is 0. The third-order valence-corrected chi connectivity index (χ3v) is 5.41. The molecule has 4 aromatic carbocycles. The summed E-state index contributed by atoms with van der Waals surface area (Å²) >= 11 is 12.1. The minimum Gasteiger partial charge on any atom is -0.435 e. The van der Waals surface area contributed by atoms with Gasteiger partial charge in [0.1, 0.15) is 5.52 Å². The Kier molecular flexibility index (Phi) is 4.66. The fourth-order valence-electron chi connectivity index (χ4n) is 3.41. The van der Waals surface area contributed by atoms with Gasteiger partial charge in [0.05, 0.1) is 21.8 Å². The van der Waals surface area contributed by atoms with Gasteiger partial charge in [0, 0.05) is 10.4 Å². The predicted octanol–water partition coefficient (Wildman–Crippen LogP) is 7.21. The van der Waals surface area contributed by atoms with Crippen LogP contribution < -0.4 is 5.32 Å². The highest BCUT2D eigenvalue weighted by Gasteiger charge is 2.17. The first kappa shape index (κ1) is 18.7. The van der Waals surface area contributed by atoms with Crippen molar-refractivity contribution in [1.82, 2.24) is 4.98 Å². The number of amides is 1. The second-order valence-corrected chi connectivity index (χ2v) is 7.62. The average Bonchev–Trinajstić information content (AvgIpc) is 3.19. The maximum atomic E-state index is 12.8. The molecule has 0 atom stereocenters. The number of fused-ring (bicyclic) bond motifs is 3. The lowest BCUT2D eigenvalue weighted by atomic mass is 10.1. The summed E-state index contributed by atoms with van der Waals surface area (Å²) in [6.45, 7) is 0. The number of halogens is 2. The van der Waals surface area contributed by atoms with E-state index >= 15 is 0 Å². The molecular weight excluding hydrogens is 419 g/mol. The highest BCUT2D eigenvalue weighted by Crippen LogP contribution is 2.33. The molecule has 0 saturated heterocycles. The number of nitrogens with zero attached hydrogens (tertiary/aromatic N) is 1. The first-order valence-electron chi connectivity index (χ1n) is 9.24. The molecule has 5 aromatic rings. The van der Waals surface area contributed by atoms with E-state index in [0.717, 1.165) is 16.3 Å². The lowest BCUT2D eigenvalue weighted by molar-refractivity contribution is 0.102. The topological polar surface area (TPSA) is 55.1 Å². The van der Waals surface area contributed by atoms with Crippen molar-refractivity contribution >= 4 is 56.7 Å². The highest BCUT2D eigenvalue weighted by atomic mass is 35.5. The van der Waals surface area contributed by atoms with Crippen LogP contribution >= 0.6 is 23.2 Å². The number of para-hydroxylation sites is 1. The van der Waals surface area contributed by atoms with Crippen LogP contribution in [0.5, 0.6) is 0 Å². The Morgan fingerprint density at radius 3 is 2.57 bits per heavy atom. The molecule has 0 saturated carbocycles. The minimum absolute atomic E-state index is 0.283. The number of rotatable bonds is 3. The molecule has 0 aliphatic carbocycles. The van der Waals surface area contributed by atoms with E-state index in [2.05, 4.69) is 10.3 Å². The zero-order valence-electron chi connectivity index (χ0n) is 15.5. The number of nitrogens with one attached hydrogen (secondary N) is 1. The van der Waals surface area contributed by atoms with Crippen molar-refractivity contribution in [2.75, 3.05) is 5.32 Å². The van der Waals surface area contributed by atoms with Gasteiger partial charge in [0.25, 0.3) is 5.91 Å². The van der Waals surface area contributed by atoms with Gasteiger partial charge < -0.3 is 9.73 Å². The van der Waals surface area contributed by atoms with Crippen molar-refractivity contribution in [3.05, 3.63) is 94.5 Å². The van der Waals surface area contributed by atoms with Crippen LogP contribution in [-0.2, 0) is 0 Å². The van der Waals surface area contributed by atoms with E-state index in [0.29, 0.717) is 33.3 Å². The molecule has 0 aliphatic heterocycles. The zero-order valence-corrected chi connectivity index (χ0v) is 17.0. The van der Waals surface area contributed by atoms with Crippen molar-refractivity contribution in [3.8, 4) is 11.5 Å². The third kappa shape index (κ3) is 3.30. The molecule has 146 valence electrons. The molecule has 0 bridgehead atoms. The van der Waals surface area contributed by atoms with E-state index in [1.807, 2.05) is 54.6 Å². The standard InChI is InChI=1S/C24H14Cl2N2O2/c25-15-10-11-17(19(26)13-15)23(29)27-20-8-4-3-7-18(20)24-28-21-12-9-14-5-1-2-6-16(14)22(21)30-24/h1-13H,(H,27,29). The van der Waals surface area contributed by atoms with Crippen LogP contribution in [0.25, 0.3) is 33.3 Å². The maximum Gasteiger partial charge on any atom is 0.257 e. The molecular formula is C24H14Cl2N2O2. The Bertz CT molecular complexity index is 1430. The van der Waals surface area contributed by atoms with Crippen LogP contribution in [0.2, 0.25) is 10.0 Å². The highest BCUT2D eigenvalue weighted by molar-refractivity contribution is 6.37. The van der Waals surface area contributed by atoms with E-state index in [-0.39, 0.29) is 10.9 Å². The molecule has 1 N–H and O–H groups in total. The molecule has 0 fully saturated rings. The Balaban J connectivity index is 1.56. The molecule has 4 nitrogen and oxygen atoms in total. The maximum absolute atomic E-state index is 12.8. The van der Waals surface area contributed by atoms with E-state index in [4.69, 9.17) is 27.6 Å². The van der Waals surface area contributed by atoms with Gasteiger partial charge in [-0.2, -0.15) is 0 Å². The van der Waals surface area contributed by atoms with Crippen molar-refractivity contribution in [1.29, 1.82) is 0 Å². The normalized spacial score (nSPS) is 11.1. The van der Waals surface area contributed by atoms with E-state index < -0.39 is 0 Å². The number of oxazole rings is 1. The van der Waals surface area contributed by atoms with Crippen LogP contribution in [0, 0.1) is 0 Å². The van der Waals surface area contributed by atoms with Gasteiger partial charge in [-0.15, -0.1) is 0 Å². The van der Waals surface area contributed by atoms with Crippen LogP contribution in [0.1, 0.15) is 10.4 Å². The summed E-state index contributed by atoms with van der Waals surface area (Å²) in [5, 5.41) is 5.72. The average molecular weight is 433 g/mol. The second kappa shape index (κ2) is 7.48. The van der Waals surface area contributed by atoms with Crippen LogP contribution in [-0.4, -0.2) is 10.9 Å². The number of hydrogen-bond acceptors (Lipinski definition) is 3. The molecule has 30 heavy (non-hydrogen) atoms. The fourth-order valence-corrected chi connectivity index (χ4v) is 3.91. The SMILES string of the molecule is O=C(Nc1ccccc1-c1nc2ccc3ccccc3c2o1)c1ccc(Cl)cc1Cl. The number of benzene rings is 4. The largest absolute Gasteiger partial charge is 0.435 e. The first-order valence-corrected chi connectivity index (χ1v) is 10.00. The molecule has 6 heteroatoms. The van der Waals surface area contributed by atoms with Crippen molar-refractivity contribution < 1.29 is 9.21 Å². The zero-order chi connectivity index (χ0) is 20.7. The number of anilines is 1. The summed E-state index contributed by atoms with van der Waals surface area (Å²) in [6, 6.07) is 24.0. The Morgan fingerprint density at radius 1 is 0.900 bits per heavy atom. The van der Waals surface area contributed by atoms with Gasteiger partial charge in [0.2, 0.25) is 5.89 Å². The molecule has 1 aromatic heterocycles. The summed E-state index contributed by atoms with van der Waals surface area (Å²) in [5.41, 5.74) is 3.05. The van der Waals surface area contributed by atoms with Crippen LogP contribution in [0.4, 0.5) is 5.69 Å².